The van der Waals surface area contributed by atoms with E-state index in [1.54, 1.807) is 11.3 Å². The molecule has 0 saturated heterocycles. The van der Waals surface area contributed by atoms with Gasteiger partial charge in [-0.25, -0.2) is 15.0 Å². The summed E-state index contributed by atoms with van der Waals surface area (Å²) in [6.45, 7) is 0. The molecule has 0 spiro atoms. The average molecular weight is 363 g/mol. The molecule has 0 fully saturated rings. The Morgan fingerprint density at radius 1 is 0.840 bits per heavy atom. The van der Waals surface area contributed by atoms with Gasteiger partial charge in [0.15, 0.2) is 17.1 Å². The number of thiophene rings is 1. The van der Waals surface area contributed by atoms with Gasteiger partial charge in [0.25, 0.3) is 0 Å². The number of halogens is 1. The largest absolute Gasteiger partial charge is 0.275 e. The van der Waals surface area contributed by atoms with Gasteiger partial charge in [-0.05, 0) is 41.8 Å². The van der Waals surface area contributed by atoms with Crippen molar-refractivity contribution in [3.8, 4) is 16.4 Å². The van der Waals surface area contributed by atoms with E-state index in [2.05, 4.69) is 0 Å². The predicted octanol–water partition coefficient (Wildman–Crippen LogP) is 5.35. The monoisotopic (exact) mass is 362 g/mol. The highest BCUT2D eigenvalue weighted by atomic mass is 35.5. The maximum absolute atomic E-state index is 6.22. The van der Waals surface area contributed by atoms with Gasteiger partial charge in [-0.1, -0.05) is 35.9 Å². The Labute approximate surface area is 152 Å². The summed E-state index contributed by atoms with van der Waals surface area (Å²) in [6.07, 6.45) is 0. The first-order valence-corrected chi connectivity index (χ1v) is 9.00. The molecule has 2 aromatic carbocycles. The standard InChI is InChI=1S/C19H11ClN4S/c20-12-5-3-6-13(11-12)24-18(16-9-4-10-25-16)23-17-19(24)22-15-8-2-1-7-14(15)21-17/h1-11H. The number of benzene rings is 2. The van der Waals surface area contributed by atoms with Crippen LogP contribution in [0.25, 0.3) is 38.7 Å². The lowest BCUT2D eigenvalue weighted by Gasteiger charge is -2.08. The third kappa shape index (κ3) is 2.40. The van der Waals surface area contributed by atoms with Crippen LogP contribution in [0.2, 0.25) is 5.02 Å². The fourth-order valence-corrected chi connectivity index (χ4v) is 3.78. The second kappa shape index (κ2) is 5.65. The van der Waals surface area contributed by atoms with Crippen LogP contribution in [0.4, 0.5) is 0 Å². The van der Waals surface area contributed by atoms with Crippen molar-refractivity contribution in [2.45, 2.75) is 0 Å². The van der Waals surface area contributed by atoms with E-state index in [1.807, 2.05) is 70.6 Å². The van der Waals surface area contributed by atoms with E-state index in [1.165, 1.54) is 0 Å². The van der Waals surface area contributed by atoms with Gasteiger partial charge in [-0.15, -0.1) is 11.3 Å². The SMILES string of the molecule is Clc1cccc(-n2c(-c3cccs3)nc3nc4ccccc4nc32)c1. The third-order valence-corrected chi connectivity index (χ3v) is 5.08. The zero-order valence-corrected chi connectivity index (χ0v) is 14.5. The van der Waals surface area contributed by atoms with Gasteiger partial charge in [0.1, 0.15) is 0 Å². The van der Waals surface area contributed by atoms with E-state index in [-0.39, 0.29) is 0 Å². The Bertz CT molecular complexity index is 1210. The van der Waals surface area contributed by atoms with Crippen LogP contribution < -0.4 is 0 Å². The molecule has 0 atom stereocenters. The molecule has 0 aliphatic carbocycles. The van der Waals surface area contributed by atoms with E-state index < -0.39 is 0 Å². The molecule has 0 N–H and O–H groups in total. The molecule has 3 aromatic heterocycles. The zero-order chi connectivity index (χ0) is 16.8. The number of nitrogens with zero attached hydrogens (tertiary/aromatic N) is 4. The highest BCUT2D eigenvalue weighted by Gasteiger charge is 2.18. The Kier molecular flexibility index (Phi) is 3.29. The molecule has 0 aliphatic heterocycles. The van der Waals surface area contributed by atoms with E-state index in [0.717, 1.165) is 33.1 Å². The van der Waals surface area contributed by atoms with Gasteiger partial charge >= 0.3 is 0 Å². The maximum atomic E-state index is 6.22. The van der Waals surface area contributed by atoms with Gasteiger partial charge in [0.05, 0.1) is 21.6 Å². The van der Waals surface area contributed by atoms with E-state index in [0.29, 0.717) is 10.7 Å². The van der Waals surface area contributed by atoms with Gasteiger partial charge in [0.2, 0.25) is 0 Å². The van der Waals surface area contributed by atoms with Gasteiger partial charge in [0, 0.05) is 5.02 Å². The Balaban J connectivity index is 1.91. The normalized spacial score (nSPS) is 11.4. The van der Waals surface area contributed by atoms with E-state index >= 15 is 0 Å². The van der Waals surface area contributed by atoms with E-state index in [9.17, 15) is 0 Å². The maximum Gasteiger partial charge on any atom is 0.199 e. The molecule has 3 heterocycles. The van der Waals surface area contributed by atoms with Crippen molar-refractivity contribution in [2.24, 2.45) is 0 Å². The first-order chi connectivity index (χ1) is 12.3. The summed E-state index contributed by atoms with van der Waals surface area (Å²) in [6, 6.07) is 19.6. The topological polar surface area (TPSA) is 43.6 Å². The van der Waals surface area contributed by atoms with Crippen LogP contribution in [0.3, 0.4) is 0 Å². The number of fused-ring (bicyclic) bond motifs is 2. The summed E-state index contributed by atoms with van der Waals surface area (Å²) in [5.74, 6) is 0.822. The summed E-state index contributed by atoms with van der Waals surface area (Å²) >= 11 is 7.85. The third-order valence-electron chi connectivity index (χ3n) is 3.98. The zero-order valence-electron chi connectivity index (χ0n) is 12.9. The van der Waals surface area contributed by atoms with Crippen molar-refractivity contribution in [1.29, 1.82) is 0 Å². The van der Waals surface area contributed by atoms with Crippen molar-refractivity contribution in [1.82, 2.24) is 19.5 Å². The second-order valence-corrected chi connectivity index (χ2v) is 6.97. The van der Waals surface area contributed by atoms with E-state index in [4.69, 9.17) is 26.6 Å². The van der Waals surface area contributed by atoms with Gasteiger partial charge < -0.3 is 0 Å². The minimum Gasteiger partial charge on any atom is -0.275 e. The first-order valence-electron chi connectivity index (χ1n) is 7.75. The molecule has 120 valence electrons. The Morgan fingerprint density at radius 2 is 1.68 bits per heavy atom. The highest BCUT2D eigenvalue weighted by Crippen LogP contribution is 2.31. The summed E-state index contributed by atoms with van der Waals surface area (Å²) in [5, 5.41) is 2.71. The second-order valence-electron chi connectivity index (χ2n) is 5.59. The molecule has 0 amide bonds. The lowest BCUT2D eigenvalue weighted by atomic mass is 10.3. The summed E-state index contributed by atoms with van der Waals surface area (Å²) in [4.78, 5) is 15.3. The fourth-order valence-electron chi connectivity index (χ4n) is 2.89. The Morgan fingerprint density at radius 3 is 2.44 bits per heavy atom. The van der Waals surface area contributed by atoms with Crippen molar-refractivity contribution in [2.75, 3.05) is 0 Å². The van der Waals surface area contributed by atoms with Crippen molar-refractivity contribution in [3.63, 3.8) is 0 Å². The summed E-state index contributed by atoms with van der Waals surface area (Å²) in [5.41, 5.74) is 3.95. The van der Waals surface area contributed by atoms with Crippen molar-refractivity contribution >= 4 is 45.3 Å². The number of hydrogen-bond acceptors (Lipinski definition) is 4. The van der Waals surface area contributed by atoms with Crippen LogP contribution in [-0.2, 0) is 0 Å². The van der Waals surface area contributed by atoms with Gasteiger partial charge in [-0.3, -0.25) is 4.57 Å². The van der Waals surface area contributed by atoms with Crippen molar-refractivity contribution in [3.05, 3.63) is 71.1 Å². The molecule has 0 saturated carbocycles. The lowest BCUT2D eigenvalue weighted by Crippen LogP contribution is -1.98. The molecular weight excluding hydrogens is 352 g/mol. The fraction of sp³-hybridized carbons (Fsp3) is 0. The number of imidazole rings is 1. The molecule has 4 nitrogen and oxygen atoms in total. The molecule has 6 heteroatoms. The van der Waals surface area contributed by atoms with Gasteiger partial charge in [-0.2, -0.15) is 0 Å². The van der Waals surface area contributed by atoms with Crippen molar-refractivity contribution < 1.29 is 0 Å². The smallest absolute Gasteiger partial charge is 0.199 e. The van der Waals surface area contributed by atoms with Crippen LogP contribution in [0.1, 0.15) is 0 Å². The summed E-state index contributed by atoms with van der Waals surface area (Å²) in [7, 11) is 0. The number of para-hydroxylation sites is 2. The highest BCUT2D eigenvalue weighted by molar-refractivity contribution is 7.13. The molecule has 0 aliphatic rings. The molecule has 0 unspecified atom stereocenters. The van der Waals surface area contributed by atoms with Crippen LogP contribution in [-0.4, -0.2) is 19.5 Å². The summed E-state index contributed by atoms with van der Waals surface area (Å²) < 4.78 is 2.02. The lowest BCUT2D eigenvalue weighted by molar-refractivity contribution is 1.09. The predicted molar refractivity (Wildman–Crippen MR) is 102 cm³/mol. The number of aromatic nitrogens is 4. The molecule has 5 aromatic rings. The molecule has 0 bridgehead atoms. The molecule has 5 rings (SSSR count). The van der Waals surface area contributed by atoms with Crippen LogP contribution in [0.5, 0.6) is 0 Å². The van der Waals surface area contributed by atoms with Crippen LogP contribution >= 0.6 is 22.9 Å². The minimum absolute atomic E-state index is 0.627. The quantitative estimate of drug-likeness (QED) is 0.425. The molecular formula is C19H11ClN4S. The molecule has 0 radical (unpaired) electrons. The first kappa shape index (κ1) is 14.6. The number of hydrogen-bond donors (Lipinski definition) is 0. The average Bonchev–Trinajstić information content (AvgIpc) is 3.27. The van der Waals surface area contributed by atoms with Crippen LogP contribution in [0, 0.1) is 0 Å². The number of rotatable bonds is 2. The van der Waals surface area contributed by atoms with Crippen LogP contribution in [0.15, 0.2) is 66.0 Å². The minimum atomic E-state index is 0.627. The Hall–Kier alpha value is -2.76. The molecule has 25 heavy (non-hydrogen) atoms.